The molecule has 0 aliphatic rings. The fourth-order valence-corrected chi connectivity index (χ4v) is 2.47. The molecule has 2 N–H and O–H groups in total. The van der Waals surface area contributed by atoms with Crippen LogP contribution >= 0.6 is 15.9 Å². The summed E-state index contributed by atoms with van der Waals surface area (Å²) in [6, 6.07) is 2.28. The van der Waals surface area contributed by atoms with E-state index in [0.29, 0.717) is 5.56 Å². The highest BCUT2D eigenvalue weighted by Crippen LogP contribution is 2.29. The summed E-state index contributed by atoms with van der Waals surface area (Å²) in [5.41, 5.74) is 0.0274. The van der Waals surface area contributed by atoms with Gasteiger partial charge < -0.3 is 0 Å². The van der Waals surface area contributed by atoms with Crippen molar-refractivity contribution in [2.24, 2.45) is 5.14 Å². The first-order chi connectivity index (χ1) is 6.73. The van der Waals surface area contributed by atoms with Crippen LogP contribution in [-0.2, 0) is 10.0 Å². The van der Waals surface area contributed by atoms with Gasteiger partial charge in [0.25, 0.3) is 5.69 Å². The van der Waals surface area contributed by atoms with E-state index >= 15 is 0 Å². The Hall–Kier alpha value is -0.990. The quantitative estimate of drug-likeness (QED) is 0.656. The van der Waals surface area contributed by atoms with Crippen molar-refractivity contribution in [3.8, 4) is 0 Å². The van der Waals surface area contributed by atoms with Crippen LogP contribution in [0.3, 0.4) is 0 Å². The first-order valence-electron chi connectivity index (χ1n) is 3.71. The Bertz CT molecular complexity index is 526. The number of nitro benzene ring substituents is 1. The zero-order valence-corrected chi connectivity index (χ0v) is 10.0. The van der Waals surface area contributed by atoms with Crippen LogP contribution in [0.15, 0.2) is 21.5 Å². The van der Waals surface area contributed by atoms with E-state index in [4.69, 9.17) is 5.14 Å². The fourth-order valence-electron chi connectivity index (χ4n) is 1.09. The van der Waals surface area contributed by atoms with Crippen LogP contribution in [0.1, 0.15) is 5.56 Å². The van der Waals surface area contributed by atoms with E-state index in [-0.39, 0.29) is 15.1 Å². The molecule has 0 bridgehead atoms. The number of hydrogen-bond acceptors (Lipinski definition) is 4. The summed E-state index contributed by atoms with van der Waals surface area (Å²) in [6.45, 7) is 1.51. The van der Waals surface area contributed by atoms with Crippen molar-refractivity contribution in [1.29, 1.82) is 0 Å². The summed E-state index contributed by atoms with van der Waals surface area (Å²) in [5, 5.41) is 15.5. The van der Waals surface area contributed by atoms with Gasteiger partial charge in [0, 0.05) is 6.07 Å². The number of aryl methyl sites for hydroxylation is 1. The SMILES string of the molecule is Cc1cc(Br)c([N+](=O)[O-])cc1S(N)(=O)=O. The maximum atomic E-state index is 11.1. The maximum Gasteiger partial charge on any atom is 0.284 e. The van der Waals surface area contributed by atoms with Gasteiger partial charge in [-0.3, -0.25) is 10.1 Å². The highest BCUT2D eigenvalue weighted by molar-refractivity contribution is 9.10. The van der Waals surface area contributed by atoms with Gasteiger partial charge in [0.1, 0.15) is 0 Å². The molecular weight excluding hydrogens is 288 g/mol. The molecule has 0 atom stereocenters. The summed E-state index contributed by atoms with van der Waals surface area (Å²) in [4.78, 5) is 9.63. The first kappa shape index (κ1) is 12.1. The minimum atomic E-state index is -3.93. The predicted octanol–water partition coefficient (Wildman–Crippen LogP) is 1.31. The number of hydrogen-bond donors (Lipinski definition) is 1. The lowest BCUT2D eigenvalue weighted by atomic mass is 10.2. The fraction of sp³-hybridized carbons (Fsp3) is 0.143. The Morgan fingerprint density at radius 2 is 2.00 bits per heavy atom. The molecule has 82 valence electrons. The molecule has 1 aromatic carbocycles. The minimum absolute atomic E-state index is 0.220. The molecule has 1 rings (SSSR count). The summed E-state index contributed by atoms with van der Waals surface area (Å²) < 4.78 is 22.4. The third-order valence-electron chi connectivity index (χ3n) is 1.75. The third-order valence-corrected chi connectivity index (χ3v) is 3.44. The lowest BCUT2D eigenvalue weighted by molar-refractivity contribution is -0.385. The molecule has 8 heteroatoms. The monoisotopic (exact) mass is 294 g/mol. The molecule has 0 aliphatic heterocycles. The van der Waals surface area contributed by atoms with E-state index in [1.54, 1.807) is 0 Å². The molecule has 0 aromatic heterocycles. The maximum absolute atomic E-state index is 11.1. The van der Waals surface area contributed by atoms with Crippen LogP contribution in [0.2, 0.25) is 0 Å². The van der Waals surface area contributed by atoms with E-state index in [0.717, 1.165) is 6.07 Å². The van der Waals surface area contributed by atoms with E-state index in [2.05, 4.69) is 15.9 Å². The van der Waals surface area contributed by atoms with Gasteiger partial charge in [-0.1, -0.05) is 0 Å². The number of benzene rings is 1. The molecule has 0 spiro atoms. The van der Waals surface area contributed by atoms with E-state index in [1.807, 2.05) is 0 Å². The van der Waals surface area contributed by atoms with Crippen LogP contribution < -0.4 is 5.14 Å². The average molecular weight is 295 g/mol. The predicted molar refractivity (Wildman–Crippen MR) is 56.9 cm³/mol. The zero-order chi connectivity index (χ0) is 11.8. The molecule has 0 unspecified atom stereocenters. The van der Waals surface area contributed by atoms with Gasteiger partial charge in [-0.2, -0.15) is 0 Å². The zero-order valence-electron chi connectivity index (χ0n) is 7.60. The Balaban J connectivity index is 3.58. The van der Waals surface area contributed by atoms with Crippen LogP contribution in [0.5, 0.6) is 0 Å². The van der Waals surface area contributed by atoms with Crippen LogP contribution in [0, 0.1) is 17.0 Å². The Morgan fingerprint density at radius 3 is 2.40 bits per heavy atom. The normalized spacial score (nSPS) is 11.4. The highest BCUT2D eigenvalue weighted by atomic mass is 79.9. The van der Waals surface area contributed by atoms with Gasteiger partial charge in [0.05, 0.1) is 14.3 Å². The number of rotatable bonds is 2. The van der Waals surface area contributed by atoms with E-state index in [1.165, 1.54) is 13.0 Å². The molecule has 0 saturated heterocycles. The second kappa shape index (κ2) is 3.87. The summed E-state index contributed by atoms with van der Waals surface area (Å²) in [5.74, 6) is 0. The van der Waals surface area contributed by atoms with Gasteiger partial charge in [0.2, 0.25) is 10.0 Å². The van der Waals surface area contributed by atoms with Gasteiger partial charge in [-0.05, 0) is 34.5 Å². The lowest BCUT2D eigenvalue weighted by Crippen LogP contribution is -2.14. The minimum Gasteiger partial charge on any atom is -0.258 e. The second-order valence-corrected chi connectivity index (χ2v) is 5.26. The topological polar surface area (TPSA) is 103 Å². The van der Waals surface area contributed by atoms with Crippen molar-refractivity contribution in [2.75, 3.05) is 0 Å². The number of sulfonamides is 1. The Kier molecular flexibility index (Phi) is 3.12. The van der Waals surface area contributed by atoms with Gasteiger partial charge in [0.15, 0.2) is 0 Å². The van der Waals surface area contributed by atoms with Gasteiger partial charge in [-0.15, -0.1) is 0 Å². The first-order valence-corrected chi connectivity index (χ1v) is 6.04. The molecule has 1 aromatic rings. The second-order valence-electron chi connectivity index (χ2n) is 2.87. The molecule has 0 amide bonds. The molecular formula is C7H7BrN2O4S. The van der Waals surface area contributed by atoms with Gasteiger partial charge >= 0.3 is 0 Å². The molecule has 6 nitrogen and oxygen atoms in total. The summed E-state index contributed by atoms with van der Waals surface area (Å²) >= 11 is 2.97. The standard InChI is InChI=1S/C7H7BrN2O4S/c1-4-2-5(8)6(10(11)12)3-7(4)15(9,13)14/h2-3H,1H3,(H2,9,13,14). The van der Waals surface area contributed by atoms with Crippen LogP contribution in [0.4, 0.5) is 5.69 Å². The number of nitrogens with two attached hydrogens (primary N) is 1. The van der Waals surface area contributed by atoms with Crippen molar-refractivity contribution in [3.63, 3.8) is 0 Å². The molecule has 0 aliphatic carbocycles. The van der Waals surface area contributed by atoms with Crippen LogP contribution in [-0.4, -0.2) is 13.3 Å². The van der Waals surface area contributed by atoms with Crippen molar-refractivity contribution < 1.29 is 13.3 Å². The van der Waals surface area contributed by atoms with E-state index < -0.39 is 14.9 Å². The lowest BCUT2D eigenvalue weighted by Gasteiger charge is -2.04. The number of primary sulfonamides is 1. The molecule has 0 heterocycles. The largest absolute Gasteiger partial charge is 0.284 e. The van der Waals surface area contributed by atoms with E-state index in [9.17, 15) is 18.5 Å². The summed E-state index contributed by atoms with van der Waals surface area (Å²) in [6.07, 6.45) is 0. The van der Waals surface area contributed by atoms with Crippen LogP contribution in [0.25, 0.3) is 0 Å². The third kappa shape index (κ3) is 2.52. The smallest absolute Gasteiger partial charge is 0.258 e. The summed E-state index contributed by atoms with van der Waals surface area (Å²) in [7, 11) is -3.93. The molecule has 0 fully saturated rings. The number of nitrogens with zero attached hydrogens (tertiary/aromatic N) is 1. The molecule has 0 saturated carbocycles. The van der Waals surface area contributed by atoms with Crippen molar-refractivity contribution >= 4 is 31.6 Å². The van der Waals surface area contributed by atoms with Gasteiger partial charge in [-0.25, -0.2) is 13.6 Å². The molecule has 0 radical (unpaired) electrons. The highest BCUT2D eigenvalue weighted by Gasteiger charge is 2.20. The number of halogens is 1. The van der Waals surface area contributed by atoms with Crippen molar-refractivity contribution in [3.05, 3.63) is 32.3 Å². The van der Waals surface area contributed by atoms with Crippen molar-refractivity contribution in [1.82, 2.24) is 0 Å². The van der Waals surface area contributed by atoms with Crippen molar-refractivity contribution in [2.45, 2.75) is 11.8 Å². The number of nitro groups is 1. The Labute approximate surface area is 94.4 Å². The molecule has 15 heavy (non-hydrogen) atoms. The Morgan fingerprint density at radius 1 is 1.47 bits per heavy atom. The average Bonchev–Trinajstić information content (AvgIpc) is 2.00.